The molecule has 0 saturated carbocycles. The van der Waals surface area contributed by atoms with E-state index in [0.717, 1.165) is 12.1 Å². The van der Waals surface area contributed by atoms with Crippen LogP contribution >= 0.6 is 0 Å². The van der Waals surface area contributed by atoms with Gasteiger partial charge >= 0.3 is 0 Å². The highest BCUT2D eigenvalue weighted by Gasteiger charge is 2.24. The first-order valence-corrected chi connectivity index (χ1v) is 10.8. The molecule has 3 nitrogen and oxygen atoms in total. The van der Waals surface area contributed by atoms with Crippen molar-refractivity contribution in [2.45, 2.75) is 52.2 Å². The van der Waals surface area contributed by atoms with Crippen molar-refractivity contribution in [2.24, 2.45) is 5.41 Å². The zero-order valence-electron chi connectivity index (χ0n) is 18.0. The third-order valence-corrected chi connectivity index (χ3v) is 6.04. The van der Waals surface area contributed by atoms with Crippen LogP contribution in [0.15, 0.2) is 72.8 Å². The Balaban J connectivity index is 1.53. The summed E-state index contributed by atoms with van der Waals surface area (Å²) in [6.07, 6.45) is 0.887. The highest BCUT2D eigenvalue weighted by atomic mass is 16.3. The molecule has 0 fully saturated rings. The van der Waals surface area contributed by atoms with E-state index < -0.39 is 12.2 Å². The van der Waals surface area contributed by atoms with Crippen LogP contribution in [0.1, 0.15) is 39.2 Å². The molecule has 0 aliphatic rings. The van der Waals surface area contributed by atoms with Crippen molar-refractivity contribution >= 4 is 21.8 Å². The molecule has 0 amide bonds. The van der Waals surface area contributed by atoms with Gasteiger partial charge in [-0.05, 0) is 54.5 Å². The van der Waals surface area contributed by atoms with Gasteiger partial charge in [-0.25, -0.2) is 0 Å². The molecule has 2 atom stereocenters. The molecule has 0 radical (unpaired) electrons. The van der Waals surface area contributed by atoms with Crippen LogP contribution in [-0.4, -0.2) is 27.0 Å². The number of aliphatic hydroxyl groups excluding tert-OH is 2. The van der Waals surface area contributed by atoms with E-state index in [4.69, 9.17) is 0 Å². The molecule has 30 heavy (non-hydrogen) atoms. The summed E-state index contributed by atoms with van der Waals surface area (Å²) in [5.74, 6) is 0. The topological polar surface area (TPSA) is 45.4 Å². The zero-order valence-corrected chi connectivity index (χ0v) is 18.0. The first-order valence-electron chi connectivity index (χ1n) is 10.8. The van der Waals surface area contributed by atoms with Crippen LogP contribution in [0, 0.1) is 5.41 Å². The second kappa shape index (κ2) is 8.25. The summed E-state index contributed by atoms with van der Waals surface area (Å²) in [4.78, 5) is 0. The minimum absolute atomic E-state index is 0.203. The van der Waals surface area contributed by atoms with E-state index >= 15 is 0 Å². The van der Waals surface area contributed by atoms with Gasteiger partial charge in [0.05, 0.1) is 23.2 Å². The minimum Gasteiger partial charge on any atom is -0.393 e. The number of hydrogen-bond acceptors (Lipinski definition) is 2. The standard InChI is InChI=1S/C27H31NO2/c1-27(2,3)26(30)18-21(29)17-14-19-12-15-20(16-13-19)28-24-10-6-4-8-22(24)23-9-5-7-11-25(23)28/h4-13,15-16,21,26,29-30H,14,17-18H2,1-3H3. The smallest absolute Gasteiger partial charge is 0.0613 e. The lowest BCUT2D eigenvalue weighted by Crippen LogP contribution is -2.30. The maximum Gasteiger partial charge on any atom is 0.0613 e. The SMILES string of the molecule is CC(C)(C)C(O)CC(O)CCc1ccc(-n2c3ccccc3c3ccccc32)cc1. The molecule has 2 unspecified atom stereocenters. The maximum absolute atomic E-state index is 10.3. The number of nitrogens with zero attached hydrogens (tertiary/aromatic N) is 1. The van der Waals surface area contributed by atoms with E-state index in [1.165, 1.54) is 27.4 Å². The average Bonchev–Trinajstić information content (AvgIpc) is 3.06. The van der Waals surface area contributed by atoms with Gasteiger partial charge in [-0.3, -0.25) is 0 Å². The quantitative estimate of drug-likeness (QED) is 0.424. The minimum atomic E-state index is -0.495. The Labute approximate surface area is 178 Å². The van der Waals surface area contributed by atoms with Crippen molar-refractivity contribution in [3.05, 3.63) is 78.4 Å². The normalized spacial score (nSPS) is 14.3. The summed E-state index contributed by atoms with van der Waals surface area (Å²) in [5, 5.41) is 23.1. The molecule has 4 rings (SSSR count). The molecular formula is C27H31NO2. The van der Waals surface area contributed by atoms with Crippen LogP contribution in [-0.2, 0) is 6.42 Å². The molecule has 0 aliphatic heterocycles. The van der Waals surface area contributed by atoms with E-state index in [1.807, 2.05) is 20.8 Å². The summed E-state index contributed by atoms with van der Waals surface area (Å²) in [6.45, 7) is 5.99. The van der Waals surface area contributed by atoms with E-state index in [-0.39, 0.29) is 5.41 Å². The van der Waals surface area contributed by atoms with Crippen molar-refractivity contribution in [2.75, 3.05) is 0 Å². The summed E-state index contributed by atoms with van der Waals surface area (Å²) >= 11 is 0. The summed E-state index contributed by atoms with van der Waals surface area (Å²) < 4.78 is 2.31. The van der Waals surface area contributed by atoms with Gasteiger partial charge in [-0.1, -0.05) is 69.3 Å². The summed E-state index contributed by atoms with van der Waals surface area (Å²) in [5.41, 5.74) is 4.55. The molecule has 1 aromatic heterocycles. The molecule has 0 bridgehead atoms. The van der Waals surface area contributed by atoms with E-state index in [2.05, 4.69) is 77.4 Å². The fourth-order valence-corrected chi connectivity index (χ4v) is 4.07. The number of para-hydroxylation sites is 2. The van der Waals surface area contributed by atoms with Gasteiger partial charge in [-0.2, -0.15) is 0 Å². The molecule has 156 valence electrons. The zero-order chi connectivity index (χ0) is 21.3. The number of hydrogen-bond donors (Lipinski definition) is 2. The first-order chi connectivity index (χ1) is 14.3. The molecule has 4 aromatic rings. The summed E-state index contributed by atoms with van der Waals surface area (Å²) in [6, 6.07) is 25.6. The van der Waals surface area contributed by atoms with Crippen LogP contribution in [0.25, 0.3) is 27.5 Å². The lowest BCUT2D eigenvalue weighted by Gasteiger charge is -2.27. The number of benzene rings is 3. The Bertz CT molecular complexity index is 1080. The number of fused-ring (bicyclic) bond motifs is 3. The Morgan fingerprint density at radius 1 is 0.767 bits per heavy atom. The van der Waals surface area contributed by atoms with Crippen molar-refractivity contribution in [3.63, 3.8) is 0 Å². The van der Waals surface area contributed by atoms with E-state index in [9.17, 15) is 10.2 Å². The van der Waals surface area contributed by atoms with Crippen LogP contribution in [0.4, 0.5) is 0 Å². The fraction of sp³-hybridized carbons (Fsp3) is 0.333. The number of aromatic nitrogens is 1. The molecule has 0 saturated heterocycles. The molecule has 0 spiro atoms. The van der Waals surface area contributed by atoms with E-state index in [0.29, 0.717) is 12.8 Å². The van der Waals surface area contributed by atoms with Crippen molar-refractivity contribution < 1.29 is 10.2 Å². The van der Waals surface area contributed by atoms with Gasteiger partial charge in [0.1, 0.15) is 0 Å². The van der Waals surface area contributed by atoms with Crippen LogP contribution in [0.5, 0.6) is 0 Å². The predicted molar refractivity (Wildman–Crippen MR) is 125 cm³/mol. The lowest BCUT2D eigenvalue weighted by atomic mass is 9.85. The van der Waals surface area contributed by atoms with Crippen LogP contribution < -0.4 is 0 Å². The summed E-state index contributed by atoms with van der Waals surface area (Å²) in [7, 11) is 0. The number of aliphatic hydroxyl groups is 2. The Morgan fingerprint density at radius 2 is 1.30 bits per heavy atom. The molecule has 2 N–H and O–H groups in total. The van der Waals surface area contributed by atoms with Crippen LogP contribution in [0.2, 0.25) is 0 Å². The number of aryl methyl sites for hydroxylation is 1. The Morgan fingerprint density at radius 3 is 1.83 bits per heavy atom. The largest absolute Gasteiger partial charge is 0.393 e. The van der Waals surface area contributed by atoms with Crippen molar-refractivity contribution in [3.8, 4) is 5.69 Å². The van der Waals surface area contributed by atoms with Gasteiger partial charge in [0.2, 0.25) is 0 Å². The predicted octanol–water partition coefficient (Wildman–Crippen LogP) is 5.87. The third kappa shape index (κ3) is 4.14. The van der Waals surface area contributed by atoms with Crippen molar-refractivity contribution in [1.29, 1.82) is 0 Å². The lowest BCUT2D eigenvalue weighted by molar-refractivity contribution is 0.0115. The average molecular weight is 402 g/mol. The van der Waals surface area contributed by atoms with Gasteiger partial charge < -0.3 is 14.8 Å². The second-order valence-corrected chi connectivity index (χ2v) is 9.35. The molecule has 1 heterocycles. The van der Waals surface area contributed by atoms with Gasteiger partial charge in [0.25, 0.3) is 0 Å². The highest BCUT2D eigenvalue weighted by Crippen LogP contribution is 2.31. The molecule has 3 heteroatoms. The second-order valence-electron chi connectivity index (χ2n) is 9.35. The fourth-order valence-electron chi connectivity index (χ4n) is 4.07. The third-order valence-electron chi connectivity index (χ3n) is 6.04. The first kappa shape index (κ1) is 20.6. The van der Waals surface area contributed by atoms with E-state index in [1.54, 1.807) is 0 Å². The Hall–Kier alpha value is -2.62. The van der Waals surface area contributed by atoms with Crippen molar-refractivity contribution in [1.82, 2.24) is 4.57 Å². The maximum atomic E-state index is 10.3. The molecule has 3 aromatic carbocycles. The number of rotatable bonds is 6. The Kier molecular flexibility index (Phi) is 5.68. The molecule has 0 aliphatic carbocycles. The van der Waals surface area contributed by atoms with Gasteiger partial charge in [-0.15, -0.1) is 0 Å². The van der Waals surface area contributed by atoms with Gasteiger partial charge in [0.15, 0.2) is 0 Å². The van der Waals surface area contributed by atoms with Crippen LogP contribution in [0.3, 0.4) is 0 Å². The molecular weight excluding hydrogens is 370 g/mol. The monoisotopic (exact) mass is 401 g/mol. The van der Waals surface area contributed by atoms with Gasteiger partial charge in [0, 0.05) is 16.5 Å². The highest BCUT2D eigenvalue weighted by molar-refractivity contribution is 6.09.